The van der Waals surface area contributed by atoms with Gasteiger partial charge in [0.15, 0.2) is 0 Å². The molecule has 55 heavy (non-hydrogen) atoms. The molecule has 0 bridgehead atoms. The van der Waals surface area contributed by atoms with Crippen molar-refractivity contribution in [2.24, 2.45) is 5.73 Å². The third-order valence-electron chi connectivity index (χ3n) is 10.1. The number of anilines is 1. The summed E-state index contributed by atoms with van der Waals surface area (Å²) in [6.45, 7) is 8.55. The number of aromatic amines is 1. The second kappa shape index (κ2) is 18.7. The number of benzene rings is 2. The fraction of sp³-hybridized carbons (Fsp3) is 0.526. The number of hydrogen-bond acceptors (Lipinski definition) is 13. The summed E-state index contributed by atoms with van der Waals surface area (Å²) < 4.78 is 28.2. The van der Waals surface area contributed by atoms with Gasteiger partial charge in [-0.1, -0.05) is 12.1 Å². The minimum absolute atomic E-state index is 0.0638. The van der Waals surface area contributed by atoms with Gasteiger partial charge in [0.2, 0.25) is 11.8 Å². The number of H-pyrrole nitrogens is 1. The maximum atomic E-state index is 13.2. The topological polar surface area (TPSA) is 217 Å². The molecule has 296 valence electrons. The lowest BCUT2D eigenvalue weighted by Crippen LogP contribution is -2.54. The molecular weight excluding hydrogens is 714 g/mol. The molecule has 0 radical (unpaired) electrons. The average molecular weight is 764 g/mol. The monoisotopic (exact) mass is 763 g/mol. The number of fused-ring (bicyclic) bond motifs is 2. The first-order valence-corrected chi connectivity index (χ1v) is 18.7. The quantitative estimate of drug-likeness (QED) is 0.0846. The first-order chi connectivity index (χ1) is 26.7. The SMILES string of the molecule is C[C@]1(c2nc3c(C(N)=O)cccc3[nH]2)CCCN1CCOCCOCCOCCOCCOCCNc1cccc2c1C(=O)N(C1CCC(=O)NC1=O)C2=O. The number of rotatable bonds is 22. The van der Waals surface area contributed by atoms with Gasteiger partial charge in [-0.05, 0) is 57.0 Å². The minimum Gasteiger partial charge on any atom is -0.382 e. The molecule has 3 aromatic rings. The fourth-order valence-electron chi connectivity index (χ4n) is 7.21. The molecule has 2 saturated heterocycles. The van der Waals surface area contributed by atoms with Gasteiger partial charge in [-0.3, -0.25) is 39.1 Å². The molecule has 4 heterocycles. The Hall–Kier alpha value is -4.78. The van der Waals surface area contributed by atoms with Crippen molar-refractivity contribution in [1.29, 1.82) is 0 Å². The van der Waals surface area contributed by atoms with Crippen LogP contribution in [0.3, 0.4) is 0 Å². The van der Waals surface area contributed by atoms with Crippen molar-refractivity contribution in [2.75, 3.05) is 91.0 Å². The summed E-state index contributed by atoms with van der Waals surface area (Å²) in [5.41, 5.74) is 8.00. The van der Waals surface area contributed by atoms with Crippen molar-refractivity contribution >= 4 is 46.3 Å². The van der Waals surface area contributed by atoms with Gasteiger partial charge in [-0.2, -0.15) is 0 Å². The van der Waals surface area contributed by atoms with Crippen LogP contribution < -0.4 is 16.4 Å². The van der Waals surface area contributed by atoms with E-state index in [0.717, 1.165) is 42.2 Å². The van der Waals surface area contributed by atoms with E-state index in [1.165, 1.54) is 0 Å². The Bertz CT molecular complexity index is 1870. The molecule has 3 aliphatic rings. The zero-order chi connectivity index (χ0) is 38.8. The molecule has 1 unspecified atom stereocenters. The van der Waals surface area contributed by atoms with E-state index in [0.29, 0.717) is 89.4 Å². The number of likely N-dealkylation sites (tertiary alicyclic amines) is 1. The highest BCUT2D eigenvalue weighted by atomic mass is 16.6. The van der Waals surface area contributed by atoms with Crippen LogP contribution in [0.1, 0.15) is 69.5 Å². The van der Waals surface area contributed by atoms with E-state index >= 15 is 0 Å². The highest BCUT2D eigenvalue weighted by molar-refractivity contribution is 6.25. The maximum absolute atomic E-state index is 13.2. The molecule has 0 aliphatic carbocycles. The number of primary amides is 1. The second-order valence-electron chi connectivity index (χ2n) is 13.7. The Labute approximate surface area is 318 Å². The van der Waals surface area contributed by atoms with Crippen LogP contribution in [0.5, 0.6) is 0 Å². The number of nitrogens with zero attached hydrogens (tertiary/aromatic N) is 3. The number of aromatic nitrogens is 2. The first kappa shape index (κ1) is 39.9. The van der Waals surface area contributed by atoms with Crippen LogP contribution in [0.4, 0.5) is 5.69 Å². The Balaban J connectivity index is 0.758. The van der Waals surface area contributed by atoms with Crippen LogP contribution in [0.25, 0.3) is 11.0 Å². The largest absolute Gasteiger partial charge is 0.382 e. The van der Waals surface area contributed by atoms with Crippen molar-refractivity contribution in [1.82, 2.24) is 25.1 Å². The fourth-order valence-corrected chi connectivity index (χ4v) is 7.21. The van der Waals surface area contributed by atoms with Crippen LogP contribution in [0.15, 0.2) is 36.4 Å². The van der Waals surface area contributed by atoms with E-state index in [-0.39, 0.29) is 29.5 Å². The number of imidazole rings is 1. The van der Waals surface area contributed by atoms with Gasteiger partial charge >= 0.3 is 0 Å². The number of para-hydroxylation sites is 1. The molecule has 2 atom stereocenters. The summed E-state index contributed by atoms with van der Waals surface area (Å²) in [5, 5.41) is 5.34. The number of ether oxygens (including phenoxy) is 5. The standard InChI is InChI=1S/C38H49N7O10/c1-38(37-41-28-8-3-6-26(33(39)47)32(28)43-37)11-4-13-44(38)14-16-52-18-20-54-22-24-55-23-21-53-19-17-51-15-12-40-27-7-2-5-25-31(27)36(50)45(35(25)49)29-9-10-30(46)42-34(29)48/h2-3,5-8,29,40H,4,9-24H2,1H3,(H2,39,47)(H,41,43)(H,42,46,48)/t29?,38-/m1/s1. The van der Waals surface area contributed by atoms with Crippen LogP contribution >= 0.6 is 0 Å². The third-order valence-corrected chi connectivity index (χ3v) is 10.1. The van der Waals surface area contributed by atoms with Gasteiger partial charge in [0.25, 0.3) is 17.7 Å². The number of nitrogens with one attached hydrogen (secondary N) is 3. The van der Waals surface area contributed by atoms with Gasteiger partial charge in [-0.25, -0.2) is 4.98 Å². The Morgan fingerprint density at radius 2 is 1.55 bits per heavy atom. The lowest BCUT2D eigenvalue weighted by atomic mass is 9.98. The van der Waals surface area contributed by atoms with E-state index in [1.54, 1.807) is 30.3 Å². The van der Waals surface area contributed by atoms with E-state index < -0.39 is 35.6 Å². The first-order valence-electron chi connectivity index (χ1n) is 18.7. The number of carbonyl (C=O) groups is 5. The molecular formula is C38H49N7O10. The molecule has 6 rings (SSSR count). The van der Waals surface area contributed by atoms with Gasteiger partial charge < -0.3 is 39.7 Å². The van der Waals surface area contributed by atoms with Crippen molar-refractivity contribution < 1.29 is 47.7 Å². The maximum Gasteiger partial charge on any atom is 0.264 e. The van der Waals surface area contributed by atoms with Gasteiger partial charge in [0.1, 0.15) is 17.4 Å². The normalized spacial score (nSPS) is 20.1. The highest BCUT2D eigenvalue weighted by Gasteiger charge is 2.45. The molecule has 5 N–H and O–H groups in total. The van der Waals surface area contributed by atoms with Crippen molar-refractivity contribution in [3.8, 4) is 0 Å². The van der Waals surface area contributed by atoms with Gasteiger partial charge in [0, 0.05) is 25.2 Å². The second-order valence-corrected chi connectivity index (χ2v) is 13.7. The summed E-state index contributed by atoms with van der Waals surface area (Å²) in [4.78, 5) is 73.4. The van der Waals surface area contributed by atoms with E-state index in [1.807, 2.05) is 6.07 Å². The number of carbonyl (C=O) groups excluding carboxylic acids is 5. The summed E-state index contributed by atoms with van der Waals surface area (Å²) in [5.74, 6) is -1.83. The van der Waals surface area contributed by atoms with Crippen molar-refractivity contribution in [3.05, 3.63) is 58.9 Å². The summed E-state index contributed by atoms with van der Waals surface area (Å²) in [6.07, 6.45) is 2.16. The van der Waals surface area contributed by atoms with Crippen LogP contribution in [0.2, 0.25) is 0 Å². The van der Waals surface area contributed by atoms with E-state index in [2.05, 4.69) is 27.4 Å². The molecule has 0 saturated carbocycles. The number of hydrogen-bond donors (Lipinski definition) is 4. The number of amides is 5. The molecule has 17 heteroatoms. The van der Waals surface area contributed by atoms with Crippen LogP contribution in [-0.2, 0) is 38.8 Å². The summed E-state index contributed by atoms with van der Waals surface area (Å²) in [7, 11) is 0. The lowest BCUT2D eigenvalue weighted by molar-refractivity contribution is -0.136. The predicted octanol–water partition coefficient (Wildman–Crippen LogP) is 1.57. The molecule has 3 aliphatic heterocycles. The summed E-state index contributed by atoms with van der Waals surface area (Å²) >= 11 is 0. The number of imide groups is 2. The van der Waals surface area contributed by atoms with Crippen LogP contribution in [0, 0.1) is 0 Å². The molecule has 1 aromatic heterocycles. The average Bonchev–Trinajstić information content (AvgIpc) is 3.85. The van der Waals surface area contributed by atoms with E-state index in [9.17, 15) is 24.0 Å². The summed E-state index contributed by atoms with van der Waals surface area (Å²) in [6, 6.07) is 9.31. The van der Waals surface area contributed by atoms with Gasteiger partial charge in [0.05, 0.1) is 93.8 Å². The molecule has 2 fully saturated rings. The number of piperidine rings is 1. The smallest absolute Gasteiger partial charge is 0.264 e. The minimum atomic E-state index is -1.01. The highest BCUT2D eigenvalue weighted by Crippen LogP contribution is 2.38. The Kier molecular flexibility index (Phi) is 13.6. The molecule has 17 nitrogen and oxygen atoms in total. The zero-order valence-electron chi connectivity index (χ0n) is 31.1. The van der Waals surface area contributed by atoms with Crippen molar-refractivity contribution in [2.45, 2.75) is 44.2 Å². The number of nitrogens with two attached hydrogens (primary N) is 1. The predicted molar refractivity (Wildman–Crippen MR) is 198 cm³/mol. The Morgan fingerprint density at radius 1 is 0.891 bits per heavy atom. The van der Waals surface area contributed by atoms with Gasteiger partial charge in [-0.15, -0.1) is 0 Å². The lowest BCUT2D eigenvalue weighted by Gasteiger charge is -2.33. The van der Waals surface area contributed by atoms with Crippen molar-refractivity contribution in [3.63, 3.8) is 0 Å². The molecule has 5 amide bonds. The third kappa shape index (κ3) is 9.37. The zero-order valence-corrected chi connectivity index (χ0v) is 31.1. The Morgan fingerprint density at radius 3 is 2.22 bits per heavy atom. The molecule has 0 spiro atoms. The van der Waals surface area contributed by atoms with E-state index in [4.69, 9.17) is 34.4 Å². The van der Waals surface area contributed by atoms with Crippen LogP contribution in [-0.4, -0.2) is 141 Å². The molecule has 2 aromatic carbocycles.